The van der Waals surface area contributed by atoms with Gasteiger partial charge in [0.15, 0.2) is 0 Å². The zero-order chi connectivity index (χ0) is 10.7. The smallest absolute Gasteiger partial charge is 0.300 e. The van der Waals surface area contributed by atoms with E-state index in [4.69, 9.17) is 29.7 Å². The molecule has 0 saturated heterocycles. The molecule has 0 fully saturated rings. The average molecular weight is 271 g/mol. The third kappa shape index (κ3) is 1950. The van der Waals surface area contributed by atoms with Crippen LogP contribution >= 0.6 is 0 Å². The van der Waals surface area contributed by atoms with Gasteiger partial charge in [0.05, 0.1) is 0 Å². The van der Waals surface area contributed by atoms with Gasteiger partial charge in [-0.2, -0.15) is 0 Å². The predicted molar refractivity (Wildman–Crippen MR) is 39.9 cm³/mol. The Morgan fingerprint density at radius 2 is 0.692 bits per heavy atom. The van der Waals surface area contributed by atoms with E-state index in [1.165, 1.54) is 0 Å². The molecule has 0 radical (unpaired) electrons. The maximum atomic E-state index is 9.00. The minimum absolute atomic E-state index is 0. The molecule has 76 valence electrons. The summed E-state index contributed by atoms with van der Waals surface area (Å²) in [7, 11) is 0. The van der Waals surface area contributed by atoms with Crippen LogP contribution in [0.1, 0.15) is 20.8 Å². The fraction of sp³-hybridized carbons (Fsp3) is 0.500. The molecule has 6 nitrogen and oxygen atoms in total. The van der Waals surface area contributed by atoms with Crippen LogP contribution in [0.15, 0.2) is 0 Å². The van der Waals surface area contributed by atoms with Crippen molar-refractivity contribution in [3.05, 3.63) is 0 Å². The van der Waals surface area contributed by atoms with Gasteiger partial charge in [0, 0.05) is 47.0 Å². The molecule has 0 atom stereocenters. The van der Waals surface area contributed by atoms with Crippen LogP contribution in [0.2, 0.25) is 0 Å². The molecular formula is C6H12O6Zr. The van der Waals surface area contributed by atoms with Gasteiger partial charge in [-0.25, -0.2) is 0 Å². The number of carboxylic acid groups (broad SMARTS) is 3. The van der Waals surface area contributed by atoms with Gasteiger partial charge in [-0.05, 0) is 0 Å². The molecular weight excluding hydrogens is 259 g/mol. The van der Waals surface area contributed by atoms with Crippen LogP contribution in [0.5, 0.6) is 0 Å². The van der Waals surface area contributed by atoms with E-state index in [2.05, 4.69) is 0 Å². The van der Waals surface area contributed by atoms with E-state index in [0.717, 1.165) is 20.8 Å². The normalized spacial score (nSPS) is 5.77. The van der Waals surface area contributed by atoms with Gasteiger partial charge in [-0.1, -0.05) is 0 Å². The molecule has 0 amide bonds. The fourth-order valence-electron chi connectivity index (χ4n) is 0. The first kappa shape index (κ1) is 22.8. The van der Waals surface area contributed by atoms with Gasteiger partial charge >= 0.3 is 0 Å². The summed E-state index contributed by atoms with van der Waals surface area (Å²) < 4.78 is 0. The van der Waals surface area contributed by atoms with Crippen molar-refractivity contribution in [3.63, 3.8) is 0 Å². The third-order valence-electron chi connectivity index (χ3n) is 0. The number of aliphatic carboxylic acids is 3. The molecule has 0 spiro atoms. The maximum Gasteiger partial charge on any atom is 0.300 e. The summed E-state index contributed by atoms with van der Waals surface area (Å²) in [6.07, 6.45) is 0. The van der Waals surface area contributed by atoms with Crippen molar-refractivity contribution in [2.75, 3.05) is 0 Å². The summed E-state index contributed by atoms with van der Waals surface area (Å²) in [5.41, 5.74) is 0. The Morgan fingerprint density at radius 3 is 0.692 bits per heavy atom. The van der Waals surface area contributed by atoms with E-state index in [1.54, 1.807) is 0 Å². The van der Waals surface area contributed by atoms with Crippen molar-refractivity contribution in [1.82, 2.24) is 0 Å². The van der Waals surface area contributed by atoms with Crippen LogP contribution in [-0.4, -0.2) is 33.2 Å². The summed E-state index contributed by atoms with van der Waals surface area (Å²) in [4.78, 5) is 27.0. The molecule has 13 heavy (non-hydrogen) atoms. The summed E-state index contributed by atoms with van der Waals surface area (Å²) >= 11 is 0. The monoisotopic (exact) mass is 270 g/mol. The van der Waals surface area contributed by atoms with E-state index < -0.39 is 17.9 Å². The number of rotatable bonds is 0. The molecule has 0 aliphatic rings. The van der Waals surface area contributed by atoms with Crippen LogP contribution in [0.4, 0.5) is 0 Å². The molecule has 0 aliphatic heterocycles. The van der Waals surface area contributed by atoms with Crippen molar-refractivity contribution in [1.29, 1.82) is 0 Å². The molecule has 0 aromatic heterocycles. The van der Waals surface area contributed by atoms with E-state index in [0.29, 0.717) is 0 Å². The van der Waals surface area contributed by atoms with Crippen molar-refractivity contribution in [2.45, 2.75) is 20.8 Å². The molecule has 0 aromatic rings. The van der Waals surface area contributed by atoms with Crippen molar-refractivity contribution in [2.24, 2.45) is 0 Å². The Labute approximate surface area is 94.7 Å². The number of carboxylic acids is 3. The fourth-order valence-corrected chi connectivity index (χ4v) is 0. The molecule has 0 unspecified atom stereocenters. The quantitative estimate of drug-likeness (QED) is 0.583. The number of hydrogen-bond acceptors (Lipinski definition) is 3. The molecule has 3 N–H and O–H groups in total. The minimum Gasteiger partial charge on any atom is -0.481 e. The van der Waals surface area contributed by atoms with Crippen LogP contribution in [0.3, 0.4) is 0 Å². The third-order valence-corrected chi connectivity index (χ3v) is 0. The van der Waals surface area contributed by atoms with Crippen molar-refractivity contribution < 1.29 is 55.9 Å². The molecule has 0 aromatic carbocycles. The van der Waals surface area contributed by atoms with Gasteiger partial charge in [0.2, 0.25) is 0 Å². The van der Waals surface area contributed by atoms with Crippen LogP contribution in [-0.2, 0) is 40.6 Å². The van der Waals surface area contributed by atoms with E-state index in [-0.39, 0.29) is 26.2 Å². The second kappa shape index (κ2) is 17.4. The Balaban J connectivity index is -0.0000000450. The van der Waals surface area contributed by atoms with Gasteiger partial charge < -0.3 is 15.3 Å². The molecule has 0 rings (SSSR count). The molecule has 0 heterocycles. The van der Waals surface area contributed by atoms with E-state index in [9.17, 15) is 0 Å². The Bertz CT molecular complexity index is 115. The van der Waals surface area contributed by atoms with Crippen molar-refractivity contribution >= 4 is 17.9 Å². The summed E-state index contributed by atoms with van der Waals surface area (Å²) in [5, 5.41) is 22.2. The average Bonchev–Trinajstić information content (AvgIpc) is 1.54. The molecule has 0 aliphatic carbocycles. The second-order valence-corrected chi connectivity index (χ2v) is 1.56. The Morgan fingerprint density at radius 1 is 0.692 bits per heavy atom. The topological polar surface area (TPSA) is 112 Å². The number of hydrogen-bond donors (Lipinski definition) is 3. The van der Waals surface area contributed by atoms with Gasteiger partial charge in [-0.3, -0.25) is 14.4 Å². The van der Waals surface area contributed by atoms with E-state index >= 15 is 0 Å². The van der Waals surface area contributed by atoms with Gasteiger partial charge in [0.25, 0.3) is 17.9 Å². The molecule has 7 heteroatoms. The second-order valence-electron chi connectivity index (χ2n) is 1.56. The summed E-state index contributed by atoms with van der Waals surface area (Å²) in [5.74, 6) is -2.50. The Kier molecular flexibility index (Phi) is 30.5. The summed E-state index contributed by atoms with van der Waals surface area (Å²) in [6, 6.07) is 0. The Hall–Kier alpha value is -0.707. The maximum absolute atomic E-state index is 9.00. The van der Waals surface area contributed by atoms with Crippen molar-refractivity contribution in [3.8, 4) is 0 Å². The van der Waals surface area contributed by atoms with Crippen LogP contribution in [0, 0.1) is 0 Å². The largest absolute Gasteiger partial charge is 0.481 e. The first-order valence-corrected chi connectivity index (χ1v) is 2.78. The van der Waals surface area contributed by atoms with Crippen LogP contribution in [0.25, 0.3) is 0 Å². The number of carbonyl (C=O) groups is 3. The standard InChI is InChI=1S/3C2H4O2.Zr/c3*1-2(3)4;/h3*1H3,(H,3,4);. The van der Waals surface area contributed by atoms with E-state index in [1.807, 2.05) is 0 Å². The zero-order valence-corrected chi connectivity index (χ0v) is 10.0. The first-order valence-electron chi connectivity index (χ1n) is 2.78. The minimum atomic E-state index is -0.833. The summed E-state index contributed by atoms with van der Waals surface area (Å²) in [6.45, 7) is 3.25. The SMILES string of the molecule is CC(=O)O.CC(=O)O.CC(=O)O.[Zr]. The van der Waals surface area contributed by atoms with Crippen LogP contribution < -0.4 is 0 Å². The first-order chi connectivity index (χ1) is 5.20. The molecule has 0 saturated carbocycles. The van der Waals surface area contributed by atoms with Gasteiger partial charge in [-0.15, -0.1) is 0 Å². The predicted octanol–water partition coefficient (Wildman–Crippen LogP) is 0.270. The van der Waals surface area contributed by atoms with Gasteiger partial charge in [0.1, 0.15) is 0 Å². The molecule has 0 bridgehead atoms. The zero-order valence-electron chi connectivity index (χ0n) is 7.57.